The van der Waals surface area contributed by atoms with Gasteiger partial charge in [0.2, 0.25) is 0 Å². The van der Waals surface area contributed by atoms with Crippen LogP contribution >= 0.6 is 0 Å². The first-order valence-electron chi connectivity index (χ1n) is 6.72. The first-order valence-corrected chi connectivity index (χ1v) is 6.72. The number of ketones is 1. The van der Waals surface area contributed by atoms with E-state index in [1.54, 1.807) is 32.3 Å². The third kappa shape index (κ3) is 2.99. The number of aryl methyl sites for hydroxylation is 1. The number of aromatic nitrogens is 2. The highest BCUT2D eigenvalue weighted by Gasteiger charge is 2.18. The summed E-state index contributed by atoms with van der Waals surface area (Å²) in [6.45, 7) is 5.60. The topological polar surface area (TPSA) is 78.0 Å². The molecule has 2 aromatic heterocycles. The van der Waals surface area contributed by atoms with E-state index in [1.165, 1.54) is 6.20 Å². The van der Waals surface area contributed by atoms with Gasteiger partial charge in [0.25, 0.3) is 5.69 Å². The number of rotatable bonds is 5. The first kappa shape index (κ1) is 14.9. The summed E-state index contributed by atoms with van der Waals surface area (Å²) in [5, 5.41) is 11.1. The second-order valence-electron chi connectivity index (χ2n) is 4.97. The van der Waals surface area contributed by atoms with Gasteiger partial charge in [-0.15, -0.1) is 0 Å². The van der Waals surface area contributed by atoms with Crippen molar-refractivity contribution in [1.29, 1.82) is 0 Å². The Morgan fingerprint density at radius 1 is 1.43 bits per heavy atom. The van der Waals surface area contributed by atoms with Gasteiger partial charge in [0, 0.05) is 36.1 Å². The lowest BCUT2D eigenvalue weighted by molar-refractivity contribution is -0.386. The summed E-state index contributed by atoms with van der Waals surface area (Å²) in [5.41, 5.74) is 2.51. The van der Waals surface area contributed by atoms with E-state index in [0.717, 1.165) is 0 Å². The largest absolute Gasteiger partial charge is 0.348 e. The molecule has 6 heteroatoms. The zero-order chi connectivity index (χ0) is 15.6. The van der Waals surface area contributed by atoms with Gasteiger partial charge in [0.05, 0.1) is 22.7 Å². The second kappa shape index (κ2) is 5.87. The number of carbonyl (C=O) groups excluding carboxylic acids is 1. The Bertz CT molecular complexity index is 704. The van der Waals surface area contributed by atoms with Crippen molar-refractivity contribution in [2.45, 2.75) is 33.7 Å². The van der Waals surface area contributed by atoms with Crippen LogP contribution in [-0.4, -0.2) is 20.3 Å². The maximum absolute atomic E-state index is 11.6. The molecule has 0 aliphatic heterocycles. The van der Waals surface area contributed by atoms with Crippen molar-refractivity contribution in [3.05, 3.63) is 57.2 Å². The van der Waals surface area contributed by atoms with Gasteiger partial charge >= 0.3 is 0 Å². The van der Waals surface area contributed by atoms with Crippen molar-refractivity contribution in [3.63, 3.8) is 0 Å². The number of hydrogen-bond donors (Lipinski definition) is 0. The minimum Gasteiger partial charge on any atom is -0.348 e. The zero-order valence-electron chi connectivity index (χ0n) is 12.3. The van der Waals surface area contributed by atoms with Crippen LogP contribution in [0.2, 0.25) is 0 Å². The molecule has 0 aliphatic carbocycles. The van der Waals surface area contributed by atoms with Crippen LogP contribution in [0.3, 0.4) is 0 Å². The molecule has 0 saturated heterocycles. The fourth-order valence-corrected chi connectivity index (χ4v) is 2.29. The molecule has 0 amide bonds. The molecule has 0 saturated carbocycles. The van der Waals surface area contributed by atoms with Crippen molar-refractivity contribution in [2.75, 3.05) is 0 Å². The molecular weight excluding hydrogens is 270 g/mol. The summed E-state index contributed by atoms with van der Waals surface area (Å²) >= 11 is 0. The smallest absolute Gasteiger partial charge is 0.278 e. The summed E-state index contributed by atoms with van der Waals surface area (Å²) in [6.07, 6.45) is 5.51. The monoisotopic (exact) mass is 287 g/mol. The molecule has 110 valence electrons. The van der Waals surface area contributed by atoms with Gasteiger partial charge in [-0.3, -0.25) is 19.9 Å². The predicted molar refractivity (Wildman–Crippen MR) is 78.5 cm³/mol. The van der Waals surface area contributed by atoms with Crippen molar-refractivity contribution >= 4 is 11.5 Å². The maximum atomic E-state index is 11.6. The molecule has 21 heavy (non-hydrogen) atoms. The average Bonchev–Trinajstić information content (AvgIpc) is 2.89. The van der Waals surface area contributed by atoms with Gasteiger partial charge in [-0.2, -0.15) is 0 Å². The Morgan fingerprint density at radius 2 is 2.14 bits per heavy atom. The number of Topliss-reactive ketones (excluding diaryl/α,β-unsaturated/α-hetero) is 1. The molecule has 0 spiro atoms. The van der Waals surface area contributed by atoms with Crippen molar-refractivity contribution in [1.82, 2.24) is 9.55 Å². The van der Waals surface area contributed by atoms with E-state index in [2.05, 4.69) is 4.98 Å². The zero-order valence-corrected chi connectivity index (χ0v) is 12.3. The number of nitrogens with zero attached hydrogens (tertiary/aromatic N) is 3. The normalized spacial score (nSPS) is 10.6. The third-order valence-corrected chi connectivity index (χ3v) is 3.48. The molecule has 0 unspecified atom stereocenters. The highest BCUT2D eigenvalue weighted by Crippen LogP contribution is 2.24. The summed E-state index contributed by atoms with van der Waals surface area (Å²) in [6, 6.07) is 1.75. The molecular formula is C15H17N3O3. The van der Waals surface area contributed by atoms with E-state index < -0.39 is 0 Å². The molecule has 0 fully saturated rings. The fourth-order valence-electron chi connectivity index (χ4n) is 2.29. The lowest BCUT2D eigenvalue weighted by Gasteiger charge is -2.08. The summed E-state index contributed by atoms with van der Waals surface area (Å²) in [7, 11) is 0. The molecule has 0 atom stereocenters. The molecule has 0 aromatic carbocycles. The van der Waals surface area contributed by atoms with Crippen LogP contribution in [0.1, 0.15) is 40.5 Å². The Morgan fingerprint density at radius 3 is 2.76 bits per heavy atom. The summed E-state index contributed by atoms with van der Waals surface area (Å²) in [4.78, 5) is 26.6. The highest BCUT2D eigenvalue weighted by molar-refractivity contribution is 5.95. The van der Waals surface area contributed by atoms with E-state index in [4.69, 9.17) is 0 Å². The standard InChI is InChI=1S/C15H17N3O3/c1-4-14(19)12-5-6-17(8-12)9-13-11(3)15(18(20)21)10(2)7-16-13/h5-8H,4,9H2,1-3H3. The van der Waals surface area contributed by atoms with Crippen molar-refractivity contribution < 1.29 is 9.72 Å². The second-order valence-corrected chi connectivity index (χ2v) is 4.97. The third-order valence-electron chi connectivity index (χ3n) is 3.48. The van der Waals surface area contributed by atoms with Gasteiger partial charge in [0.1, 0.15) is 0 Å². The molecule has 0 radical (unpaired) electrons. The Labute approximate surface area is 122 Å². The molecule has 0 aliphatic rings. The first-order chi connectivity index (χ1) is 9.93. The van der Waals surface area contributed by atoms with Crippen LogP contribution in [0.5, 0.6) is 0 Å². The van der Waals surface area contributed by atoms with E-state index in [1.807, 2.05) is 11.5 Å². The molecule has 0 N–H and O–H groups in total. The van der Waals surface area contributed by atoms with E-state index in [-0.39, 0.29) is 16.4 Å². The fraction of sp³-hybridized carbons (Fsp3) is 0.333. The number of pyridine rings is 1. The van der Waals surface area contributed by atoms with Crippen LogP contribution < -0.4 is 0 Å². The Balaban J connectivity index is 2.32. The van der Waals surface area contributed by atoms with Gasteiger partial charge in [-0.25, -0.2) is 0 Å². The van der Waals surface area contributed by atoms with Crippen LogP contribution in [0.25, 0.3) is 0 Å². The Hall–Kier alpha value is -2.50. The number of hydrogen-bond acceptors (Lipinski definition) is 4. The van der Waals surface area contributed by atoms with Gasteiger partial charge in [0.15, 0.2) is 5.78 Å². The van der Waals surface area contributed by atoms with Crippen LogP contribution in [0.15, 0.2) is 24.7 Å². The molecule has 2 heterocycles. The number of nitro groups is 1. The molecule has 2 rings (SSSR count). The van der Waals surface area contributed by atoms with Gasteiger partial charge in [-0.05, 0) is 19.9 Å². The van der Waals surface area contributed by atoms with E-state index in [9.17, 15) is 14.9 Å². The van der Waals surface area contributed by atoms with Crippen LogP contribution in [-0.2, 0) is 6.54 Å². The predicted octanol–water partition coefficient (Wildman–Crippen LogP) is 3.05. The number of carbonyl (C=O) groups is 1. The summed E-state index contributed by atoms with van der Waals surface area (Å²) in [5.74, 6) is 0.0771. The summed E-state index contributed by atoms with van der Waals surface area (Å²) < 4.78 is 1.82. The quantitative estimate of drug-likeness (QED) is 0.481. The lowest BCUT2D eigenvalue weighted by atomic mass is 10.1. The Kier molecular flexibility index (Phi) is 4.16. The lowest BCUT2D eigenvalue weighted by Crippen LogP contribution is -2.06. The van der Waals surface area contributed by atoms with Gasteiger partial charge < -0.3 is 4.57 Å². The van der Waals surface area contributed by atoms with Crippen molar-refractivity contribution in [3.8, 4) is 0 Å². The molecule has 6 nitrogen and oxygen atoms in total. The average molecular weight is 287 g/mol. The van der Waals surface area contributed by atoms with E-state index >= 15 is 0 Å². The minimum absolute atomic E-state index is 0.0771. The van der Waals surface area contributed by atoms with Crippen LogP contribution in [0.4, 0.5) is 5.69 Å². The minimum atomic E-state index is -0.377. The maximum Gasteiger partial charge on any atom is 0.278 e. The van der Waals surface area contributed by atoms with Gasteiger partial charge in [-0.1, -0.05) is 6.92 Å². The highest BCUT2D eigenvalue weighted by atomic mass is 16.6. The molecule has 0 bridgehead atoms. The SMILES string of the molecule is CCC(=O)c1ccn(Cc2ncc(C)c([N+](=O)[O-])c2C)c1. The van der Waals surface area contributed by atoms with E-state index in [0.29, 0.717) is 35.3 Å². The van der Waals surface area contributed by atoms with Crippen molar-refractivity contribution in [2.24, 2.45) is 0 Å². The van der Waals surface area contributed by atoms with Crippen LogP contribution in [0, 0.1) is 24.0 Å². The molecule has 2 aromatic rings.